The van der Waals surface area contributed by atoms with Gasteiger partial charge in [0.25, 0.3) is 0 Å². The van der Waals surface area contributed by atoms with Gasteiger partial charge in [0.05, 0.1) is 0 Å². The first-order valence-electron chi connectivity index (χ1n) is 11.9. The van der Waals surface area contributed by atoms with Crippen molar-refractivity contribution in [2.24, 2.45) is 4.99 Å². The van der Waals surface area contributed by atoms with E-state index in [0.717, 1.165) is 84.1 Å². The van der Waals surface area contributed by atoms with Crippen molar-refractivity contribution in [3.05, 3.63) is 35.9 Å². The van der Waals surface area contributed by atoms with Gasteiger partial charge in [0, 0.05) is 71.4 Å². The van der Waals surface area contributed by atoms with E-state index in [-0.39, 0.29) is 0 Å². The lowest BCUT2D eigenvalue weighted by Crippen LogP contribution is -2.47. The molecule has 7 heteroatoms. The molecule has 0 saturated carbocycles. The van der Waals surface area contributed by atoms with Crippen LogP contribution in [0, 0.1) is 0 Å². The van der Waals surface area contributed by atoms with Crippen LogP contribution in [0.1, 0.15) is 44.2 Å². The molecule has 2 saturated heterocycles. The van der Waals surface area contributed by atoms with E-state index in [0.29, 0.717) is 18.4 Å². The molecule has 1 atom stereocenters. The summed E-state index contributed by atoms with van der Waals surface area (Å²) >= 11 is 0. The second-order valence-electron chi connectivity index (χ2n) is 8.60. The molecule has 0 aliphatic carbocycles. The van der Waals surface area contributed by atoms with Gasteiger partial charge < -0.3 is 20.4 Å². The van der Waals surface area contributed by atoms with Crippen molar-refractivity contribution in [3.63, 3.8) is 0 Å². The highest BCUT2D eigenvalue weighted by molar-refractivity contribution is 5.79. The van der Waals surface area contributed by atoms with Crippen molar-refractivity contribution in [3.8, 4) is 0 Å². The highest BCUT2D eigenvalue weighted by Gasteiger charge is 2.25. The van der Waals surface area contributed by atoms with Crippen LogP contribution in [-0.4, -0.2) is 92.5 Å². The van der Waals surface area contributed by atoms with E-state index in [2.05, 4.69) is 64.7 Å². The molecule has 2 fully saturated rings. The molecule has 0 radical (unpaired) electrons. The van der Waals surface area contributed by atoms with Crippen molar-refractivity contribution in [2.45, 2.75) is 38.6 Å². The molecule has 172 valence electrons. The average molecular weight is 429 g/mol. The maximum atomic E-state index is 11.7. The molecule has 2 aliphatic rings. The summed E-state index contributed by atoms with van der Waals surface area (Å²) in [6.07, 6.45) is 3.72. The maximum absolute atomic E-state index is 11.7. The van der Waals surface area contributed by atoms with Gasteiger partial charge in [-0.15, -0.1) is 0 Å². The van der Waals surface area contributed by atoms with Crippen molar-refractivity contribution in [2.75, 3.05) is 66.0 Å². The summed E-state index contributed by atoms with van der Waals surface area (Å²) in [6, 6.07) is 11.3. The Kier molecular flexibility index (Phi) is 9.62. The molecule has 1 aromatic rings. The first-order valence-corrected chi connectivity index (χ1v) is 11.9. The van der Waals surface area contributed by atoms with Crippen LogP contribution in [0.15, 0.2) is 35.3 Å². The summed E-state index contributed by atoms with van der Waals surface area (Å²) in [7, 11) is 2.22. The number of likely N-dealkylation sites (tertiary alicyclic amines) is 1. The Morgan fingerprint density at radius 1 is 1.10 bits per heavy atom. The number of carbonyl (C=O) groups excluding carboxylic acids is 1. The van der Waals surface area contributed by atoms with Gasteiger partial charge in [-0.2, -0.15) is 0 Å². The van der Waals surface area contributed by atoms with Crippen LogP contribution in [0.2, 0.25) is 0 Å². The van der Waals surface area contributed by atoms with Gasteiger partial charge >= 0.3 is 0 Å². The fourth-order valence-electron chi connectivity index (χ4n) is 4.44. The van der Waals surface area contributed by atoms with Gasteiger partial charge in [-0.05, 0) is 38.8 Å². The molecule has 0 aromatic heterocycles. The van der Waals surface area contributed by atoms with E-state index in [9.17, 15) is 4.79 Å². The second-order valence-corrected chi connectivity index (χ2v) is 8.60. The lowest BCUT2D eigenvalue weighted by Gasteiger charge is -2.40. The number of nitrogens with one attached hydrogen (secondary N) is 2. The molecule has 1 amide bonds. The quantitative estimate of drug-likeness (QED) is 0.339. The molecule has 1 aromatic carbocycles. The van der Waals surface area contributed by atoms with E-state index in [4.69, 9.17) is 4.99 Å². The van der Waals surface area contributed by atoms with E-state index in [1.807, 2.05) is 4.90 Å². The fraction of sp³-hybridized carbons (Fsp3) is 0.667. The number of piperazine rings is 1. The van der Waals surface area contributed by atoms with Crippen LogP contribution in [0.4, 0.5) is 0 Å². The smallest absolute Gasteiger partial charge is 0.222 e. The topological polar surface area (TPSA) is 63.2 Å². The fourth-order valence-corrected chi connectivity index (χ4v) is 4.44. The molecule has 1 unspecified atom stereocenters. The molecular weight excluding hydrogens is 388 g/mol. The largest absolute Gasteiger partial charge is 0.357 e. The lowest BCUT2D eigenvalue weighted by molar-refractivity contribution is -0.127. The predicted molar refractivity (Wildman–Crippen MR) is 127 cm³/mol. The third-order valence-corrected chi connectivity index (χ3v) is 6.16. The SMILES string of the molecule is CCNC(=NCCCN1CCCC1=O)NCCCN1CCN(C)CC1c1ccccc1. The third-order valence-electron chi connectivity index (χ3n) is 6.16. The number of carbonyl (C=O) groups is 1. The zero-order valence-corrected chi connectivity index (χ0v) is 19.4. The second kappa shape index (κ2) is 12.7. The number of aliphatic imine (C=N–C) groups is 1. The standard InChI is InChI=1S/C24H40N6O/c1-3-25-24(27-14-9-17-30-15-7-12-23(30)31)26-13-8-16-29-19-18-28(2)20-22(29)21-10-5-4-6-11-21/h4-6,10-11,22H,3,7-9,12-20H2,1-2H3,(H2,25,26,27). The number of nitrogens with zero attached hydrogens (tertiary/aromatic N) is 4. The number of hydrogen-bond acceptors (Lipinski definition) is 4. The Balaban J connectivity index is 1.40. The van der Waals surface area contributed by atoms with Gasteiger partial charge in [-0.25, -0.2) is 0 Å². The zero-order valence-electron chi connectivity index (χ0n) is 19.4. The Bertz CT molecular complexity index is 695. The third kappa shape index (κ3) is 7.51. The van der Waals surface area contributed by atoms with Crippen LogP contribution in [0.25, 0.3) is 0 Å². The molecular formula is C24H40N6O. The molecule has 2 N–H and O–H groups in total. The monoisotopic (exact) mass is 428 g/mol. The number of amides is 1. The maximum Gasteiger partial charge on any atom is 0.222 e. The summed E-state index contributed by atoms with van der Waals surface area (Å²) in [5, 5.41) is 6.82. The van der Waals surface area contributed by atoms with E-state index in [1.165, 1.54) is 5.56 Å². The normalized spacial score (nSPS) is 21.0. The summed E-state index contributed by atoms with van der Waals surface area (Å²) in [5.41, 5.74) is 1.41. The lowest BCUT2D eigenvalue weighted by atomic mass is 10.0. The molecule has 7 nitrogen and oxygen atoms in total. The van der Waals surface area contributed by atoms with Crippen LogP contribution in [-0.2, 0) is 4.79 Å². The molecule has 3 rings (SSSR count). The molecule has 0 bridgehead atoms. The summed E-state index contributed by atoms with van der Waals surface area (Å²) in [5.74, 6) is 1.18. The number of hydrogen-bond donors (Lipinski definition) is 2. The van der Waals surface area contributed by atoms with Crippen LogP contribution in [0.3, 0.4) is 0 Å². The molecule has 2 heterocycles. The van der Waals surface area contributed by atoms with Gasteiger partial charge in [0.2, 0.25) is 5.91 Å². The Morgan fingerprint density at radius 3 is 2.68 bits per heavy atom. The summed E-state index contributed by atoms with van der Waals surface area (Å²) in [4.78, 5) is 23.4. The van der Waals surface area contributed by atoms with Crippen molar-refractivity contribution in [1.82, 2.24) is 25.3 Å². The van der Waals surface area contributed by atoms with Gasteiger partial charge in [-0.1, -0.05) is 30.3 Å². The number of guanidine groups is 1. The van der Waals surface area contributed by atoms with Crippen LogP contribution >= 0.6 is 0 Å². The van der Waals surface area contributed by atoms with Crippen molar-refractivity contribution < 1.29 is 4.79 Å². The van der Waals surface area contributed by atoms with E-state index in [1.54, 1.807) is 0 Å². The summed E-state index contributed by atoms with van der Waals surface area (Å²) < 4.78 is 0. The number of benzene rings is 1. The minimum atomic E-state index is 0.298. The van der Waals surface area contributed by atoms with Gasteiger partial charge in [0.15, 0.2) is 5.96 Å². The predicted octanol–water partition coefficient (Wildman–Crippen LogP) is 1.93. The van der Waals surface area contributed by atoms with Crippen LogP contribution < -0.4 is 10.6 Å². The number of rotatable bonds is 10. The average Bonchev–Trinajstić information content (AvgIpc) is 3.20. The Labute approximate surface area is 187 Å². The summed E-state index contributed by atoms with van der Waals surface area (Å²) in [6.45, 7) is 10.7. The molecule has 31 heavy (non-hydrogen) atoms. The molecule has 2 aliphatic heterocycles. The van der Waals surface area contributed by atoms with Gasteiger partial charge in [-0.3, -0.25) is 14.7 Å². The minimum absolute atomic E-state index is 0.298. The Morgan fingerprint density at radius 2 is 1.94 bits per heavy atom. The zero-order chi connectivity index (χ0) is 21.9. The van der Waals surface area contributed by atoms with Crippen molar-refractivity contribution >= 4 is 11.9 Å². The first-order chi connectivity index (χ1) is 15.2. The minimum Gasteiger partial charge on any atom is -0.357 e. The van der Waals surface area contributed by atoms with Gasteiger partial charge in [0.1, 0.15) is 0 Å². The van der Waals surface area contributed by atoms with Crippen LogP contribution in [0.5, 0.6) is 0 Å². The number of likely N-dealkylation sites (N-methyl/N-ethyl adjacent to an activating group) is 1. The first kappa shape index (κ1) is 23.5. The molecule has 0 spiro atoms. The van der Waals surface area contributed by atoms with E-state index < -0.39 is 0 Å². The highest BCUT2D eigenvalue weighted by Crippen LogP contribution is 2.24. The van der Waals surface area contributed by atoms with E-state index >= 15 is 0 Å². The van der Waals surface area contributed by atoms with Crippen molar-refractivity contribution in [1.29, 1.82) is 0 Å². The highest BCUT2D eigenvalue weighted by atomic mass is 16.2. The Hall–Kier alpha value is -2.12.